The van der Waals surface area contributed by atoms with Crippen LogP contribution in [0, 0.1) is 6.92 Å². The van der Waals surface area contributed by atoms with Crippen molar-refractivity contribution in [1.82, 2.24) is 15.2 Å². The maximum Gasteiger partial charge on any atom is 0.490 e. The van der Waals surface area contributed by atoms with Crippen LogP contribution in [-0.4, -0.2) is 73.1 Å². The maximum atomic E-state index is 12.5. The summed E-state index contributed by atoms with van der Waals surface area (Å²) < 4.78 is 42.7. The van der Waals surface area contributed by atoms with Crippen LogP contribution in [0.4, 0.5) is 23.1 Å². The zero-order chi connectivity index (χ0) is 27.4. The Bertz CT molecular complexity index is 1110. The number of likely N-dealkylation sites (tertiary alicyclic amines) is 1. The standard InChI is InChI=1S/C22H30N4O3S.C2HF3O2/c1-14-13-30-21(23-14)25-20(27)24-16-7-8-22(9-10-26(2)19(22)12-16)15-5-6-17(28-3)18(11-15)29-4;3-2(4,5)1(6)7/h5-6,11,13,16,19H,7-10,12H2,1-4H3,(H2,23,24,25,27);(H,6,7)/t16-,19+,22+;/m1./s1. The van der Waals surface area contributed by atoms with Gasteiger partial charge in [0.2, 0.25) is 0 Å². The van der Waals surface area contributed by atoms with E-state index in [-0.39, 0.29) is 17.5 Å². The van der Waals surface area contributed by atoms with Gasteiger partial charge in [0.15, 0.2) is 16.6 Å². The number of aromatic nitrogens is 1. The van der Waals surface area contributed by atoms with E-state index in [9.17, 15) is 18.0 Å². The summed E-state index contributed by atoms with van der Waals surface area (Å²) in [5.74, 6) is -1.23. The third kappa shape index (κ3) is 6.63. The summed E-state index contributed by atoms with van der Waals surface area (Å²) in [6.45, 7) is 2.97. The average Bonchev–Trinajstić information content (AvgIpc) is 3.41. The number of ether oxygens (including phenoxy) is 2. The molecule has 0 bridgehead atoms. The van der Waals surface area contributed by atoms with Gasteiger partial charge in [-0.2, -0.15) is 13.2 Å². The fourth-order valence-corrected chi connectivity index (χ4v) is 5.81. The molecule has 1 saturated carbocycles. The molecule has 1 aliphatic carbocycles. The number of anilines is 1. The Morgan fingerprint density at radius 1 is 1.22 bits per heavy atom. The van der Waals surface area contributed by atoms with Gasteiger partial charge in [-0.05, 0) is 63.9 Å². The summed E-state index contributed by atoms with van der Waals surface area (Å²) in [4.78, 5) is 28.1. The molecule has 1 saturated heterocycles. The number of carboxylic acid groups (broad SMARTS) is 1. The number of amides is 2. The molecule has 204 valence electrons. The maximum absolute atomic E-state index is 12.5. The Morgan fingerprint density at radius 2 is 1.89 bits per heavy atom. The first-order valence-corrected chi connectivity index (χ1v) is 12.5. The molecule has 2 heterocycles. The van der Waals surface area contributed by atoms with Gasteiger partial charge in [-0.1, -0.05) is 6.07 Å². The van der Waals surface area contributed by atoms with Crippen molar-refractivity contribution in [3.8, 4) is 11.5 Å². The minimum Gasteiger partial charge on any atom is -0.493 e. The van der Waals surface area contributed by atoms with Crippen molar-refractivity contribution in [3.63, 3.8) is 0 Å². The fourth-order valence-electron chi connectivity index (χ4n) is 5.12. The molecule has 2 amide bonds. The monoisotopic (exact) mass is 544 g/mol. The lowest BCUT2D eigenvalue weighted by Gasteiger charge is -2.45. The zero-order valence-electron chi connectivity index (χ0n) is 21.0. The molecule has 3 atom stereocenters. The Balaban J connectivity index is 0.000000479. The molecule has 4 rings (SSSR count). The number of benzene rings is 1. The van der Waals surface area contributed by atoms with Crippen LogP contribution in [0.5, 0.6) is 11.5 Å². The van der Waals surface area contributed by atoms with E-state index in [1.807, 2.05) is 18.4 Å². The average molecular weight is 545 g/mol. The van der Waals surface area contributed by atoms with Gasteiger partial charge in [0.05, 0.1) is 19.9 Å². The van der Waals surface area contributed by atoms with E-state index in [4.69, 9.17) is 19.4 Å². The van der Waals surface area contributed by atoms with E-state index in [0.29, 0.717) is 11.2 Å². The second-order valence-electron chi connectivity index (χ2n) is 9.14. The van der Waals surface area contributed by atoms with Gasteiger partial charge in [-0.3, -0.25) is 5.32 Å². The van der Waals surface area contributed by atoms with Crippen molar-refractivity contribution in [1.29, 1.82) is 0 Å². The van der Waals surface area contributed by atoms with Gasteiger partial charge < -0.3 is 24.8 Å². The summed E-state index contributed by atoms with van der Waals surface area (Å²) in [6, 6.07) is 6.66. The SMILES string of the molecule is COc1ccc([C@@]23CC[C@@H](NC(=O)Nc4nc(C)cs4)C[C@@H]2N(C)CC3)cc1OC.O=C(O)C(F)(F)F. The van der Waals surface area contributed by atoms with Crippen LogP contribution in [0.1, 0.15) is 36.9 Å². The number of rotatable bonds is 5. The minimum absolute atomic E-state index is 0.0787. The normalized spacial score (nSPS) is 23.3. The third-order valence-electron chi connectivity index (χ3n) is 6.90. The molecule has 2 aromatic rings. The number of thiazole rings is 1. The topological polar surface area (TPSA) is 113 Å². The van der Waals surface area contributed by atoms with E-state index >= 15 is 0 Å². The number of carboxylic acids is 1. The van der Waals surface area contributed by atoms with E-state index in [1.165, 1.54) is 16.9 Å². The number of likely N-dealkylation sites (N-methyl/N-ethyl adjacent to an activating group) is 1. The van der Waals surface area contributed by atoms with E-state index < -0.39 is 12.1 Å². The number of aryl methyl sites for hydroxylation is 1. The largest absolute Gasteiger partial charge is 0.493 e. The molecule has 1 aromatic heterocycles. The molecular weight excluding hydrogens is 513 g/mol. The van der Waals surface area contributed by atoms with E-state index in [0.717, 1.165) is 49.4 Å². The first kappa shape index (κ1) is 28.5. The lowest BCUT2D eigenvalue weighted by Crippen LogP contribution is -2.52. The molecule has 2 fully saturated rings. The van der Waals surface area contributed by atoms with Crippen LogP contribution in [0.3, 0.4) is 0 Å². The Kier molecular flexibility index (Phi) is 8.90. The van der Waals surface area contributed by atoms with Crippen LogP contribution in [-0.2, 0) is 10.2 Å². The predicted molar refractivity (Wildman–Crippen MR) is 133 cm³/mol. The number of fused-ring (bicyclic) bond motifs is 1. The number of methoxy groups -OCH3 is 2. The minimum atomic E-state index is -5.08. The highest BCUT2D eigenvalue weighted by atomic mass is 32.1. The summed E-state index contributed by atoms with van der Waals surface area (Å²) >= 11 is 1.45. The van der Waals surface area contributed by atoms with Gasteiger partial charge >= 0.3 is 18.2 Å². The van der Waals surface area contributed by atoms with Gasteiger partial charge in [-0.25, -0.2) is 14.6 Å². The molecule has 37 heavy (non-hydrogen) atoms. The number of aliphatic carboxylic acids is 1. The number of hydrogen-bond donors (Lipinski definition) is 3. The Hall–Kier alpha value is -3.06. The number of nitrogens with one attached hydrogen (secondary N) is 2. The number of carbonyl (C=O) groups is 2. The van der Waals surface area contributed by atoms with Gasteiger partial charge in [0.1, 0.15) is 0 Å². The molecule has 9 nitrogen and oxygen atoms in total. The second-order valence-corrected chi connectivity index (χ2v) is 10.00. The van der Waals surface area contributed by atoms with E-state index in [2.05, 4.69) is 39.7 Å². The number of nitrogens with zero attached hydrogens (tertiary/aromatic N) is 2. The predicted octanol–water partition coefficient (Wildman–Crippen LogP) is 4.42. The Labute approximate surface area is 217 Å². The van der Waals surface area contributed by atoms with Crippen LogP contribution in [0.15, 0.2) is 23.6 Å². The molecule has 0 spiro atoms. The van der Waals surface area contributed by atoms with Crippen molar-refractivity contribution in [2.75, 3.05) is 33.1 Å². The van der Waals surface area contributed by atoms with E-state index in [1.54, 1.807) is 14.2 Å². The van der Waals surface area contributed by atoms with Crippen molar-refractivity contribution in [2.45, 2.75) is 56.3 Å². The number of halogens is 3. The molecule has 1 aromatic carbocycles. The summed E-state index contributed by atoms with van der Waals surface area (Å²) in [5.41, 5.74) is 2.30. The lowest BCUT2D eigenvalue weighted by atomic mass is 9.65. The molecule has 13 heteroatoms. The van der Waals surface area contributed by atoms with Gasteiger partial charge in [0, 0.05) is 22.9 Å². The smallest absolute Gasteiger partial charge is 0.490 e. The highest BCUT2D eigenvalue weighted by molar-refractivity contribution is 7.13. The fraction of sp³-hybridized carbons (Fsp3) is 0.542. The molecule has 0 unspecified atom stereocenters. The molecule has 2 aliphatic rings. The summed E-state index contributed by atoms with van der Waals surface area (Å²) in [7, 11) is 5.53. The molecule has 1 aliphatic heterocycles. The van der Waals surface area contributed by atoms with Crippen molar-refractivity contribution < 1.29 is 37.3 Å². The Morgan fingerprint density at radius 3 is 2.46 bits per heavy atom. The number of carbonyl (C=O) groups excluding carboxylic acids is 1. The van der Waals surface area contributed by atoms with Crippen molar-refractivity contribution in [2.24, 2.45) is 0 Å². The van der Waals surface area contributed by atoms with Crippen molar-refractivity contribution in [3.05, 3.63) is 34.8 Å². The van der Waals surface area contributed by atoms with Crippen LogP contribution < -0.4 is 20.1 Å². The van der Waals surface area contributed by atoms with Crippen LogP contribution in [0.2, 0.25) is 0 Å². The molecule has 0 radical (unpaired) electrons. The number of alkyl halides is 3. The molecule has 3 N–H and O–H groups in total. The van der Waals surface area contributed by atoms with Crippen molar-refractivity contribution >= 4 is 28.5 Å². The number of urea groups is 1. The molecular formula is C24H31F3N4O5S. The number of hydrogen-bond acceptors (Lipinski definition) is 7. The highest BCUT2D eigenvalue weighted by Gasteiger charge is 2.50. The third-order valence-corrected chi connectivity index (χ3v) is 7.78. The quantitative estimate of drug-likeness (QED) is 0.511. The lowest BCUT2D eigenvalue weighted by molar-refractivity contribution is -0.192. The van der Waals surface area contributed by atoms with Gasteiger partial charge in [0.25, 0.3) is 0 Å². The first-order chi connectivity index (χ1) is 17.4. The van der Waals surface area contributed by atoms with Crippen LogP contribution in [0.25, 0.3) is 0 Å². The zero-order valence-corrected chi connectivity index (χ0v) is 21.8. The highest BCUT2D eigenvalue weighted by Crippen LogP contribution is 2.49. The first-order valence-electron chi connectivity index (χ1n) is 11.6. The summed E-state index contributed by atoms with van der Waals surface area (Å²) in [6.07, 6.45) is -1.07. The summed E-state index contributed by atoms with van der Waals surface area (Å²) in [5, 5.41) is 15.7. The second kappa shape index (κ2) is 11.5. The van der Waals surface area contributed by atoms with Crippen LogP contribution >= 0.6 is 11.3 Å². The van der Waals surface area contributed by atoms with Gasteiger partial charge in [-0.15, -0.1) is 11.3 Å².